The van der Waals surface area contributed by atoms with Crippen LogP contribution in [-0.4, -0.2) is 7.05 Å². The fourth-order valence-corrected chi connectivity index (χ4v) is 2.10. The van der Waals surface area contributed by atoms with Crippen molar-refractivity contribution in [2.75, 3.05) is 7.05 Å². The fraction of sp³-hybridized carbons (Fsp3) is 0.385. The minimum Gasteiger partial charge on any atom is -0.313 e. The molecule has 1 aromatic carbocycles. The lowest BCUT2D eigenvalue weighted by molar-refractivity contribution is 0.548. The zero-order chi connectivity index (χ0) is 12.0. The fourth-order valence-electron chi connectivity index (χ4n) is 1.58. The van der Waals surface area contributed by atoms with Gasteiger partial charge in [-0.05, 0) is 44.2 Å². The summed E-state index contributed by atoms with van der Waals surface area (Å²) in [6.45, 7) is 1.83. The van der Waals surface area contributed by atoms with Crippen LogP contribution in [0.4, 0.5) is 4.39 Å². The van der Waals surface area contributed by atoms with Gasteiger partial charge < -0.3 is 5.32 Å². The molecular weight excluding hydrogens is 269 g/mol. The Bertz CT molecular complexity index is 406. The lowest BCUT2D eigenvalue weighted by Crippen LogP contribution is -2.16. The second kappa shape index (κ2) is 6.67. The molecule has 1 rings (SSSR count). The molecule has 0 fully saturated rings. The molecule has 0 spiro atoms. The third kappa shape index (κ3) is 3.62. The summed E-state index contributed by atoms with van der Waals surface area (Å²) in [5, 5.41) is 3.18. The first-order valence-corrected chi connectivity index (χ1v) is 6.00. The van der Waals surface area contributed by atoms with Crippen molar-refractivity contribution in [3.05, 3.63) is 34.1 Å². The first-order chi connectivity index (χ1) is 7.69. The van der Waals surface area contributed by atoms with Crippen LogP contribution in [0.5, 0.6) is 0 Å². The van der Waals surface area contributed by atoms with Gasteiger partial charge in [-0.2, -0.15) is 0 Å². The molecule has 0 radical (unpaired) electrons. The van der Waals surface area contributed by atoms with Gasteiger partial charge in [0.25, 0.3) is 0 Å². The van der Waals surface area contributed by atoms with Crippen LogP contribution in [0.25, 0.3) is 0 Å². The molecule has 3 heteroatoms. The van der Waals surface area contributed by atoms with Crippen molar-refractivity contribution in [1.29, 1.82) is 0 Å². The highest BCUT2D eigenvalue weighted by molar-refractivity contribution is 9.10. The van der Waals surface area contributed by atoms with Crippen molar-refractivity contribution >= 4 is 15.9 Å². The summed E-state index contributed by atoms with van der Waals surface area (Å²) in [6.07, 6.45) is 1.68. The second-order valence-corrected chi connectivity index (χ2v) is 4.33. The lowest BCUT2D eigenvalue weighted by Gasteiger charge is -2.17. The number of nitrogens with one attached hydrogen (secondary N) is 1. The van der Waals surface area contributed by atoms with Crippen LogP contribution in [0.15, 0.2) is 22.7 Å². The molecule has 0 aromatic heterocycles. The summed E-state index contributed by atoms with van der Waals surface area (Å²) in [5.41, 5.74) is 0.945. The maximum absolute atomic E-state index is 13.2. The summed E-state index contributed by atoms with van der Waals surface area (Å²) >= 11 is 3.44. The molecule has 0 heterocycles. The zero-order valence-electron chi connectivity index (χ0n) is 9.48. The Kier molecular flexibility index (Phi) is 5.51. The number of hydrogen-bond donors (Lipinski definition) is 1. The second-order valence-electron chi connectivity index (χ2n) is 3.47. The molecule has 1 unspecified atom stereocenters. The van der Waals surface area contributed by atoms with Gasteiger partial charge in [-0.25, -0.2) is 4.39 Å². The normalized spacial score (nSPS) is 11.8. The average molecular weight is 284 g/mol. The molecule has 0 aliphatic carbocycles. The Morgan fingerprint density at radius 3 is 2.88 bits per heavy atom. The maximum atomic E-state index is 13.2. The van der Waals surface area contributed by atoms with E-state index in [1.165, 1.54) is 6.07 Å². The number of halogens is 2. The summed E-state index contributed by atoms with van der Waals surface area (Å²) in [6, 6.07) is 4.88. The Morgan fingerprint density at radius 1 is 1.50 bits per heavy atom. The first-order valence-electron chi connectivity index (χ1n) is 5.21. The van der Waals surface area contributed by atoms with Crippen LogP contribution >= 0.6 is 15.9 Å². The van der Waals surface area contributed by atoms with Crippen molar-refractivity contribution in [1.82, 2.24) is 5.32 Å². The predicted molar refractivity (Wildman–Crippen MR) is 68.6 cm³/mol. The van der Waals surface area contributed by atoms with Crippen LogP contribution in [0.3, 0.4) is 0 Å². The quantitative estimate of drug-likeness (QED) is 0.832. The van der Waals surface area contributed by atoms with Crippen LogP contribution in [0.1, 0.15) is 31.4 Å². The summed E-state index contributed by atoms with van der Waals surface area (Å²) < 4.78 is 14.1. The van der Waals surface area contributed by atoms with E-state index in [-0.39, 0.29) is 11.9 Å². The smallest absolute Gasteiger partial charge is 0.123 e. The van der Waals surface area contributed by atoms with Gasteiger partial charge in [0, 0.05) is 16.9 Å². The molecule has 0 saturated heterocycles. The van der Waals surface area contributed by atoms with E-state index >= 15 is 0 Å². The van der Waals surface area contributed by atoms with Gasteiger partial charge in [0.05, 0.1) is 0 Å². The van der Waals surface area contributed by atoms with Crippen molar-refractivity contribution in [2.45, 2.75) is 25.8 Å². The molecule has 0 aliphatic rings. The standard InChI is InChI=1S/C13H15BrFN/c1-3-4-5-6-13(16-2)11-9-10(15)7-8-12(11)14/h7-9,13,16H,5-6H2,1-2H3. The number of rotatable bonds is 4. The van der Waals surface area contributed by atoms with E-state index in [9.17, 15) is 4.39 Å². The summed E-state index contributed by atoms with van der Waals surface area (Å²) in [4.78, 5) is 0. The zero-order valence-corrected chi connectivity index (χ0v) is 11.1. The molecule has 1 N–H and O–H groups in total. The Labute approximate surface area is 105 Å². The molecular formula is C13H15BrFN. The van der Waals surface area contributed by atoms with Crippen LogP contribution in [0, 0.1) is 17.7 Å². The van der Waals surface area contributed by atoms with Crippen LogP contribution in [-0.2, 0) is 0 Å². The highest BCUT2D eigenvalue weighted by atomic mass is 79.9. The summed E-state index contributed by atoms with van der Waals surface area (Å²) in [5.74, 6) is 5.67. The van der Waals surface area contributed by atoms with Crippen molar-refractivity contribution < 1.29 is 4.39 Å². The topological polar surface area (TPSA) is 12.0 Å². The van der Waals surface area contributed by atoms with Gasteiger partial charge in [-0.1, -0.05) is 15.9 Å². The van der Waals surface area contributed by atoms with Crippen molar-refractivity contribution in [2.24, 2.45) is 0 Å². The minimum absolute atomic E-state index is 0.130. The molecule has 1 aromatic rings. The van der Waals surface area contributed by atoms with E-state index in [4.69, 9.17) is 0 Å². The van der Waals surface area contributed by atoms with E-state index in [2.05, 4.69) is 33.1 Å². The molecule has 0 amide bonds. The summed E-state index contributed by atoms with van der Waals surface area (Å²) in [7, 11) is 1.88. The van der Waals surface area contributed by atoms with E-state index < -0.39 is 0 Å². The van der Waals surface area contributed by atoms with Gasteiger partial charge in [0.15, 0.2) is 0 Å². The highest BCUT2D eigenvalue weighted by Crippen LogP contribution is 2.26. The van der Waals surface area contributed by atoms with Crippen molar-refractivity contribution in [3.8, 4) is 11.8 Å². The van der Waals surface area contributed by atoms with Crippen LogP contribution in [0.2, 0.25) is 0 Å². The molecule has 16 heavy (non-hydrogen) atoms. The highest BCUT2D eigenvalue weighted by Gasteiger charge is 2.12. The predicted octanol–water partition coefficient (Wildman–Crippen LogP) is 3.65. The maximum Gasteiger partial charge on any atom is 0.123 e. The van der Waals surface area contributed by atoms with E-state index in [0.717, 1.165) is 22.9 Å². The molecule has 0 bridgehead atoms. The Hall–Kier alpha value is -0.850. The number of hydrogen-bond acceptors (Lipinski definition) is 1. The minimum atomic E-state index is -0.208. The number of benzene rings is 1. The SMILES string of the molecule is CC#CCCC(NC)c1cc(F)ccc1Br. The van der Waals surface area contributed by atoms with Gasteiger partial charge >= 0.3 is 0 Å². The molecule has 86 valence electrons. The third-order valence-corrected chi connectivity index (χ3v) is 3.14. The molecule has 0 saturated carbocycles. The molecule has 1 nitrogen and oxygen atoms in total. The van der Waals surface area contributed by atoms with Gasteiger partial charge in [-0.15, -0.1) is 11.8 Å². The first kappa shape index (κ1) is 13.2. The lowest BCUT2D eigenvalue weighted by atomic mass is 10.0. The van der Waals surface area contributed by atoms with E-state index in [1.807, 2.05) is 14.0 Å². The van der Waals surface area contributed by atoms with Gasteiger partial charge in [0.2, 0.25) is 0 Å². The molecule has 1 atom stereocenters. The van der Waals surface area contributed by atoms with Crippen molar-refractivity contribution in [3.63, 3.8) is 0 Å². The largest absolute Gasteiger partial charge is 0.313 e. The van der Waals surface area contributed by atoms with Crippen LogP contribution < -0.4 is 5.32 Å². The van der Waals surface area contributed by atoms with E-state index in [0.29, 0.717) is 0 Å². The molecule has 0 aliphatic heterocycles. The average Bonchev–Trinajstić information content (AvgIpc) is 2.28. The monoisotopic (exact) mass is 283 g/mol. The third-order valence-electron chi connectivity index (χ3n) is 2.42. The van der Waals surface area contributed by atoms with E-state index in [1.54, 1.807) is 12.1 Å². The Balaban J connectivity index is 2.84. The van der Waals surface area contributed by atoms with Gasteiger partial charge in [-0.3, -0.25) is 0 Å². The van der Waals surface area contributed by atoms with Gasteiger partial charge in [0.1, 0.15) is 5.82 Å². The Morgan fingerprint density at radius 2 is 2.25 bits per heavy atom.